The minimum atomic E-state index is -0.520. The van der Waals surface area contributed by atoms with E-state index in [0.717, 1.165) is 12.0 Å². The molecule has 1 aromatic carbocycles. The summed E-state index contributed by atoms with van der Waals surface area (Å²) in [6.07, 6.45) is 1.39. The number of carbonyl (C=O) groups is 2. The van der Waals surface area contributed by atoms with Gasteiger partial charge in [0, 0.05) is 18.5 Å². The molecule has 1 aliphatic rings. The highest BCUT2D eigenvalue weighted by Crippen LogP contribution is 2.23. The number of anilines is 1. The van der Waals surface area contributed by atoms with E-state index in [1.165, 1.54) is 5.56 Å². The number of amides is 1. The first-order valence-corrected chi connectivity index (χ1v) is 6.47. The second-order valence-electron chi connectivity index (χ2n) is 5.83. The van der Waals surface area contributed by atoms with Gasteiger partial charge >= 0.3 is 6.09 Å². The number of nitrogens with one attached hydrogen (secondary N) is 1. The summed E-state index contributed by atoms with van der Waals surface area (Å²) in [5.74, 6) is 0.252. The number of rotatable bonds is 1. The standard InChI is InChI=1S/C15H19NO3/c1-15(2,3)19-14(18)16-12-6-4-10-5-7-13(17)9-11(10)8-12/h4,6,8H,5,7,9H2,1-3H3,(H,16,18). The summed E-state index contributed by atoms with van der Waals surface area (Å²) in [4.78, 5) is 23.1. The van der Waals surface area contributed by atoms with E-state index in [-0.39, 0.29) is 5.78 Å². The second-order valence-corrected chi connectivity index (χ2v) is 5.83. The molecule has 0 fully saturated rings. The largest absolute Gasteiger partial charge is 0.444 e. The third-order valence-corrected chi connectivity index (χ3v) is 2.91. The van der Waals surface area contributed by atoms with Gasteiger partial charge in [-0.2, -0.15) is 0 Å². The molecule has 0 saturated carbocycles. The number of benzene rings is 1. The molecule has 0 spiro atoms. The van der Waals surface area contributed by atoms with Crippen LogP contribution >= 0.6 is 0 Å². The zero-order chi connectivity index (χ0) is 14.0. The zero-order valence-electron chi connectivity index (χ0n) is 11.6. The molecule has 4 nitrogen and oxygen atoms in total. The van der Waals surface area contributed by atoms with Crippen LogP contribution in [0, 0.1) is 0 Å². The Morgan fingerprint density at radius 3 is 2.63 bits per heavy atom. The highest BCUT2D eigenvalue weighted by atomic mass is 16.6. The molecule has 102 valence electrons. The van der Waals surface area contributed by atoms with Gasteiger partial charge in [-0.15, -0.1) is 0 Å². The van der Waals surface area contributed by atoms with Gasteiger partial charge in [-0.1, -0.05) is 6.07 Å². The molecule has 0 aliphatic heterocycles. The van der Waals surface area contributed by atoms with Gasteiger partial charge in [0.15, 0.2) is 0 Å². The zero-order valence-corrected chi connectivity index (χ0v) is 11.6. The molecule has 2 rings (SSSR count). The van der Waals surface area contributed by atoms with Crippen LogP contribution in [-0.2, 0) is 22.4 Å². The first-order chi connectivity index (χ1) is 8.83. The maximum atomic E-state index is 11.7. The minimum Gasteiger partial charge on any atom is -0.444 e. The molecule has 0 saturated heterocycles. The Bertz CT molecular complexity index is 515. The van der Waals surface area contributed by atoms with E-state index in [2.05, 4.69) is 5.32 Å². The molecule has 0 aromatic heterocycles. The molecule has 0 unspecified atom stereocenters. The molecule has 19 heavy (non-hydrogen) atoms. The summed E-state index contributed by atoms with van der Waals surface area (Å²) >= 11 is 0. The smallest absolute Gasteiger partial charge is 0.412 e. The highest BCUT2D eigenvalue weighted by molar-refractivity contribution is 5.87. The Morgan fingerprint density at radius 1 is 1.21 bits per heavy atom. The first kappa shape index (κ1) is 13.6. The minimum absolute atomic E-state index is 0.252. The monoisotopic (exact) mass is 261 g/mol. The molecule has 4 heteroatoms. The molecule has 1 aromatic rings. The fraction of sp³-hybridized carbons (Fsp3) is 0.467. The van der Waals surface area contributed by atoms with E-state index in [1.54, 1.807) is 0 Å². The van der Waals surface area contributed by atoms with E-state index >= 15 is 0 Å². The molecule has 1 amide bonds. The van der Waals surface area contributed by atoms with Gasteiger partial charge in [0.1, 0.15) is 11.4 Å². The molecule has 0 bridgehead atoms. The topological polar surface area (TPSA) is 55.4 Å². The molecular formula is C15H19NO3. The molecule has 0 radical (unpaired) electrons. The van der Waals surface area contributed by atoms with Crippen LogP contribution in [0.25, 0.3) is 0 Å². The number of aryl methyl sites for hydroxylation is 1. The van der Waals surface area contributed by atoms with Gasteiger partial charge < -0.3 is 4.74 Å². The lowest BCUT2D eigenvalue weighted by Gasteiger charge is -2.20. The lowest BCUT2D eigenvalue weighted by atomic mass is 9.90. The average Bonchev–Trinajstić information content (AvgIpc) is 2.25. The van der Waals surface area contributed by atoms with Gasteiger partial charge in [0.05, 0.1) is 0 Å². The van der Waals surface area contributed by atoms with Gasteiger partial charge in [-0.05, 0) is 50.5 Å². The Hall–Kier alpha value is -1.84. The SMILES string of the molecule is CC(C)(C)OC(=O)Nc1ccc2c(c1)CC(=O)CC2. The predicted molar refractivity (Wildman–Crippen MR) is 73.3 cm³/mol. The fourth-order valence-electron chi connectivity index (χ4n) is 2.11. The van der Waals surface area contributed by atoms with Crippen molar-refractivity contribution < 1.29 is 14.3 Å². The highest BCUT2D eigenvalue weighted by Gasteiger charge is 2.18. The van der Waals surface area contributed by atoms with E-state index in [1.807, 2.05) is 39.0 Å². The normalized spacial score (nSPS) is 14.8. The van der Waals surface area contributed by atoms with E-state index in [9.17, 15) is 9.59 Å². The fourth-order valence-corrected chi connectivity index (χ4v) is 2.11. The Morgan fingerprint density at radius 2 is 1.95 bits per heavy atom. The number of ether oxygens (including phenoxy) is 1. The van der Waals surface area contributed by atoms with Crippen molar-refractivity contribution in [3.05, 3.63) is 29.3 Å². The maximum absolute atomic E-state index is 11.7. The van der Waals surface area contributed by atoms with Crippen molar-refractivity contribution >= 4 is 17.6 Å². The summed E-state index contributed by atoms with van der Waals surface area (Å²) in [6.45, 7) is 5.45. The average molecular weight is 261 g/mol. The van der Waals surface area contributed by atoms with Crippen LogP contribution in [0.4, 0.5) is 10.5 Å². The quantitative estimate of drug-likeness (QED) is 0.845. The summed E-state index contributed by atoms with van der Waals surface area (Å²) in [5, 5.41) is 2.69. The number of hydrogen-bond donors (Lipinski definition) is 1. The van der Waals surface area contributed by atoms with Crippen molar-refractivity contribution in [3.63, 3.8) is 0 Å². The number of ketones is 1. The van der Waals surface area contributed by atoms with Crippen LogP contribution in [-0.4, -0.2) is 17.5 Å². The molecule has 0 atom stereocenters. The van der Waals surface area contributed by atoms with Gasteiger partial charge in [0.25, 0.3) is 0 Å². The third-order valence-electron chi connectivity index (χ3n) is 2.91. The molecule has 1 N–H and O–H groups in total. The van der Waals surface area contributed by atoms with Gasteiger partial charge in [-0.3, -0.25) is 10.1 Å². The number of hydrogen-bond acceptors (Lipinski definition) is 3. The van der Waals surface area contributed by atoms with Crippen molar-refractivity contribution in [2.45, 2.75) is 45.6 Å². The van der Waals surface area contributed by atoms with E-state index < -0.39 is 11.7 Å². The van der Waals surface area contributed by atoms with Crippen LogP contribution < -0.4 is 5.32 Å². The lowest BCUT2D eigenvalue weighted by molar-refractivity contribution is -0.118. The van der Waals surface area contributed by atoms with Gasteiger partial charge in [0.2, 0.25) is 0 Å². The number of Topliss-reactive ketones (excluding diaryl/α,β-unsaturated/α-hetero) is 1. The summed E-state index contributed by atoms with van der Waals surface area (Å²) < 4.78 is 5.19. The third kappa shape index (κ3) is 3.81. The second kappa shape index (κ2) is 5.03. The van der Waals surface area contributed by atoms with Crippen LogP contribution in [0.15, 0.2) is 18.2 Å². The van der Waals surface area contributed by atoms with Crippen LogP contribution in [0.3, 0.4) is 0 Å². The van der Waals surface area contributed by atoms with Crippen molar-refractivity contribution in [1.29, 1.82) is 0 Å². The summed E-state index contributed by atoms with van der Waals surface area (Å²) in [7, 11) is 0. The predicted octanol–water partition coefficient (Wildman–Crippen LogP) is 3.09. The van der Waals surface area contributed by atoms with Crippen LogP contribution in [0.2, 0.25) is 0 Å². The molecule has 0 heterocycles. The van der Waals surface area contributed by atoms with Crippen molar-refractivity contribution in [2.24, 2.45) is 0 Å². The van der Waals surface area contributed by atoms with E-state index in [0.29, 0.717) is 18.5 Å². The van der Waals surface area contributed by atoms with E-state index in [4.69, 9.17) is 4.74 Å². The van der Waals surface area contributed by atoms with Crippen molar-refractivity contribution in [3.8, 4) is 0 Å². The van der Waals surface area contributed by atoms with Crippen LogP contribution in [0.1, 0.15) is 38.3 Å². The Balaban J connectivity index is 2.08. The van der Waals surface area contributed by atoms with Crippen LogP contribution in [0.5, 0.6) is 0 Å². The Labute approximate surface area is 113 Å². The molecular weight excluding hydrogens is 242 g/mol. The Kier molecular flexibility index (Phi) is 3.60. The summed E-state index contributed by atoms with van der Waals surface area (Å²) in [6, 6.07) is 5.67. The molecule has 1 aliphatic carbocycles. The maximum Gasteiger partial charge on any atom is 0.412 e. The first-order valence-electron chi connectivity index (χ1n) is 6.47. The summed E-state index contributed by atoms with van der Waals surface area (Å²) in [5.41, 5.74) is 2.34. The van der Waals surface area contributed by atoms with Crippen molar-refractivity contribution in [2.75, 3.05) is 5.32 Å². The number of fused-ring (bicyclic) bond motifs is 1. The number of carbonyl (C=O) groups excluding carboxylic acids is 2. The lowest BCUT2D eigenvalue weighted by Crippen LogP contribution is -2.27. The van der Waals surface area contributed by atoms with Gasteiger partial charge in [-0.25, -0.2) is 4.79 Å². The van der Waals surface area contributed by atoms with Crippen molar-refractivity contribution in [1.82, 2.24) is 0 Å².